The van der Waals surface area contributed by atoms with Crippen LogP contribution in [0.1, 0.15) is 11.5 Å². The summed E-state index contributed by atoms with van der Waals surface area (Å²) in [6.45, 7) is 2.37. The van der Waals surface area contributed by atoms with Crippen molar-refractivity contribution < 1.29 is 23.4 Å². The topological polar surface area (TPSA) is 53.3 Å². The van der Waals surface area contributed by atoms with Gasteiger partial charge in [-0.15, -0.1) is 0 Å². The second kappa shape index (κ2) is 7.91. The van der Waals surface area contributed by atoms with E-state index in [2.05, 4.69) is 4.90 Å². The van der Waals surface area contributed by atoms with Crippen LogP contribution >= 0.6 is 0 Å². The number of furan rings is 1. The highest BCUT2D eigenvalue weighted by Gasteiger charge is 2.37. The Bertz CT molecular complexity index is 422. The van der Waals surface area contributed by atoms with Gasteiger partial charge in [0.1, 0.15) is 30.3 Å². The van der Waals surface area contributed by atoms with Crippen LogP contribution < -0.4 is 0 Å². The van der Waals surface area contributed by atoms with Crippen molar-refractivity contribution in [1.82, 2.24) is 4.90 Å². The summed E-state index contributed by atoms with van der Waals surface area (Å²) in [5.74, 6) is 1.73. The molecule has 0 N–H and O–H groups in total. The fourth-order valence-electron chi connectivity index (χ4n) is 2.72. The van der Waals surface area contributed by atoms with Gasteiger partial charge in [-0.25, -0.2) is 0 Å². The Kier molecular flexibility index (Phi) is 6.20. The van der Waals surface area contributed by atoms with Gasteiger partial charge in [-0.3, -0.25) is 4.90 Å². The Balaban J connectivity index is 1.98. The zero-order valence-electron chi connectivity index (χ0n) is 13.2. The van der Waals surface area contributed by atoms with Crippen LogP contribution in [0.25, 0.3) is 0 Å². The van der Waals surface area contributed by atoms with E-state index in [-0.39, 0.29) is 18.2 Å². The molecule has 1 aliphatic rings. The van der Waals surface area contributed by atoms with Crippen molar-refractivity contribution in [2.45, 2.75) is 31.4 Å². The first-order valence-corrected chi connectivity index (χ1v) is 7.09. The highest BCUT2D eigenvalue weighted by atomic mass is 16.6. The van der Waals surface area contributed by atoms with Crippen LogP contribution in [0, 0.1) is 0 Å². The van der Waals surface area contributed by atoms with Gasteiger partial charge in [0.25, 0.3) is 0 Å². The van der Waals surface area contributed by atoms with Crippen LogP contribution in [0.5, 0.6) is 0 Å². The van der Waals surface area contributed by atoms with Crippen LogP contribution in [0.2, 0.25) is 0 Å². The van der Waals surface area contributed by atoms with Crippen LogP contribution in [-0.4, -0.2) is 64.7 Å². The molecule has 0 bridgehead atoms. The van der Waals surface area contributed by atoms with Crippen LogP contribution in [0.3, 0.4) is 0 Å². The molecule has 0 radical (unpaired) electrons. The summed E-state index contributed by atoms with van der Waals surface area (Å²) in [7, 11) is 7.09. The van der Waals surface area contributed by atoms with E-state index in [0.717, 1.165) is 11.5 Å². The molecule has 1 aliphatic heterocycles. The first-order chi connectivity index (χ1) is 10.2. The number of methoxy groups -OCH3 is 3. The number of hydrogen-bond donors (Lipinski definition) is 0. The zero-order chi connectivity index (χ0) is 15.2. The number of rotatable bonds is 7. The highest BCUT2D eigenvalue weighted by Crippen LogP contribution is 2.21. The lowest BCUT2D eigenvalue weighted by atomic mass is 10.0. The summed E-state index contributed by atoms with van der Waals surface area (Å²) < 4.78 is 27.5. The monoisotopic (exact) mass is 299 g/mol. The molecular formula is C15H25NO5. The first-order valence-electron chi connectivity index (χ1n) is 7.09. The average Bonchev–Trinajstić information content (AvgIpc) is 2.93. The van der Waals surface area contributed by atoms with Crippen molar-refractivity contribution in [3.8, 4) is 0 Å². The maximum atomic E-state index is 5.73. The summed E-state index contributed by atoms with van der Waals surface area (Å²) in [6.07, 6.45) is -0.0565. The number of ether oxygens (including phenoxy) is 4. The van der Waals surface area contributed by atoms with Gasteiger partial charge in [0.15, 0.2) is 0 Å². The largest absolute Gasteiger partial charge is 0.462 e. The molecule has 1 saturated heterocycles. The van der Waals surface area contributed by atoms with Gasteiger partial charge in [0, 0.05) is 21.3 Å². The van der Waals surface area contributed by atoms with Crippen molar-refractivity contribution in [1.29, 1.82) is 0 Å². The van der Waals surface area contributed by atoms with E-state index >= 15 is 0 Å². The standard InChI is InChI=1S/C15H25NO5/c1-16(7-11-5-6-12(21-11)8-17-2)13-9-20-10-14(18-3)15(13)19-4/h5-6,13-15H,7-10H2,1-4H3/t13-,14-,15+/m1/s1. The maximum absolute atomic E-state index is 5.73. The minimum atomic E-state index is -0.0446. The third-order valence-electron chi connectivity index (χ3n) is 3.87. The van der Waals surface area contributed by atoms with Gasteiger partial charge >= 0.3 is 0 Å². The molecule has 0 aromatic carbocycles. The molecule has 3 atom stereocenters. The molecule has 0 saturated carbocycles. The predicted octanol–water partition coefficient (Wildman–Crippen LogP) is 1.29. The van der Waals surface area contributed by atoms with E-state index < -0.39 is 0 Å². The Labute approximate surface area is 125 Å². The Morgan fingerprint density at radius 2 is 1.90 bits per heavy atom. The predicted molar refractivity (Wildman–Crippen MR) is 77.1 cm³/mol. The van der Waals surface area contributed by atoms with Crippen LogP contribution in [0.15, 0.2) is 16.5 Å². The molecule has 1 aromatic rings. The Hall–Kier alpha value is -0.920. The molecular weight excluding hydrogens is 274 g/mol. The van der Waals surface area contributed by atoms with Gasteiger partial charge in [-0.05, 0) is 19.2 Å². The SMILES string of the molecule is COCc1ccc(CN(C)[C@@H]2COC[C@@H](OC)[C@H]2OC)o1. The first kappa shape index (κ1) is 16.5. The van der Waals surface area contributed by atoms with Gasteiger partial charge in [-0.1, -0.05) is 0 Å². The molecule has 21 heavy (non-hydrogen) atoms. The molecule has 6 nitrogen and oxygen atoms in total. The lowest BCUT2D eigenvalue weighted by Crippen LogP contribution is -2.56. The number of likely N-dealkylation sites (N-methyl/N-ethyl adjacent to an activating group) is 1. The second-order valence-corrected chi connectivity index (χ2v) is 5.30. The van der Waals surface area contributed by atoms with E-state index in [0.29, 0.717) is 26.4 Å². The summed E-state index contributed by atoms with van der Waals surface area (Å²) in [6, 6.07) is 4.05. The van der Waals surface area contributed by atoms with Crippen LogP contribution in [-0.2, 0) is 32.1 Å². The molecule has 1 aromatic heterocycles. The van der Waals surface area contributed by atoms with Gasteiger partial charge < -0.3 is 23.4 Å². The molecule has 0 unspecified atom stereocenters. The summed E-state index contributed by atoms with van der Waals surface area (Å²) >= 11 is 0. The van der Waals surface area contributed by atoms with Crippen molar-refractivity contribution in [3.05, 3.63) is 23.7 Å². The summed E-state index contributed by atoms with van der Waals surface area (Å²) in [4.78, 5) is 2.18. The molecule has 1 fully saturated rings. The van der Waals surface area contributed by atoms with Gasteiger partial charge in [0.2, 0.25) is 0 Å². The lowest BCUT2D eigenvalue weighted by Gasteiger charge is -2.40. The van der Waals surface area contributed by atoms with Gasteiger partial charge in [0.05, 0.1) is 25.8 Å². The van der Waals surface area contributed by atoms with E-state index in [1.165, 1.54) is 0 Å². The minimum absolute atomic E-state index is 0.0119. The van der Waals surface area contributed by atoms with Crippen molar-refractivity contribution in [2.75, 3.05) is 41.6 Å². The summed E-state index contributed by atoms with van der Waals surface area (Å²) in [5, 5.41) is 0. The molecule has 6 heteroatoms. The maximum Gasteiger partial charge on any atom is 0.129 e. The Morgan fingerprint density at radius 3 is 2.57 bits per heavy atom. The fourth-order valence-corrected chi connectivity index (χ4v) is 2.72. The van der Waals surface area contributed by atoms with Crippen molar-refractivity contribution in [3.63, 3.8) is 0 Å². The average molecular weight is 299 g/mol. The van der Waals surface area contributed by atoms with Crippen molar-refractivity contribution >= 4 is 0 Å². The molecule has 120 valence electrons. The smallest absolute Gasteiger partial charge is 0.129 e. The van der Waals surface area contributed by atoms with Gasteiger partial charge in [-0.2, -0.15) is 0 Å². The van der Waals surface area contributed by atoms with E-state index in [1.807, 2.05) is 19.2 Å². The van der Waals surface area contributed by atoms with E-state index in [1.54, 1.807) is 21.3 Å². The summed E-state index contributed by atoms with van der Waals surface area (Å²) in [5.41, 5.74) is 0. The lowest BCUT2D eigenvalue weighted by molar-refractivity contribution is -0.154. The molecule has 0 spiro atoms. The minimum Gasteiger partial charge on any atom is -0.462 e. The van der Waals surface area contributed by atoms with Crippen LogP contribution in [0.4, 0.5) is 0 Å². The molecule has 2 heterocycles. The highest BCUT2D eigenvalue weighted by molar-refractivity contribution is 5.07. The van der Waals surface area contributed by atoms with E-state index in [9.17, 15) is 0 Å². The fraction of sp³-hybridized carbons (Fsp3) is 0.733. The quantitative estimate of drug-likeness (QED) is 0.756. The number of hydrogen-bond acceptors (Lipinski definition) is 6. The molecule has 0 amide bonds. The normalized spacial score (nSPS) is 26.4. The zero-order valence-corrected chi connectivity index (χ0v) is 13.2. The Morgan fingerprint density at radius 1 is 1.14 bits per heavy atom. The molecule has 0 aliphatic carbocycles. The third kappa shape index (κ3) is 4.05. The second-order valence-electron chi connectivity index (χ2n) is 5.30. The third-order valence-corrected chi connectivity index (χ3v) is 3.87. The van der Waals surface area contributed by atoms with Crippen molar-refractivity contribution in [2.24, 2.45) is 0 Å². The molecule has 2 rings (SSSR count). The van der Waals surface area contributed by atoms with E-state index in [4.69, 9.17) is 23.4 Å². The number of nitrogens with zero attached hydrogens (tertiary/aromatic N) is 1.